The molecular weight excluding hydrogens is 388 g/mol. The highest BCUT2D eigenvalue weighted by Crippen LogP contribution is 2.24. The minimum absolute atomic E-state index is 0.195. The van der Waals surface area contributed by atoms with Gasteiger partial charge in [0.1, 0.15) is 0 Å². The first-order chi connectivity index (χ1) is 15.1. The summed E-state index contributed by atoms with van der Waals surface area (Å²) in [6.07, 6.45) is 3.29. The zero-order chi connectivity index (χ0) is 21.6. The van der Waals surface area contributed by atoms with Crippen molar-refractivity contribution in [2.45, 2.75) is 6.92 Å². The highest BCUT2D eigenvalue weighted by molar-refractivity contribution is 6.01. The molecule has 0 aliphatic heterocycles. The number of carbonyl (C=O) groups is 1. The minimum atomic E-state index is -0.195. The van der Waals surface area contributed by atoms with E-state index in [0.29, 0.717) is 17.5 Å². The monoisotopic (exact) mass is 410 g/mol. The van der Waals surface area contributed by atoms with Crippen LogP contribution in [0.2, 0.25) is 0 Å². The summed E-state index contributed by atoms with van der Waals surface area (Å²) in [5.74, 6) is 0.485. The van der Waals surface area contributed by atoms with Crippen molar-refractivity contribution >= 4 is 17.7 Å². The fourth-order valence-corrected chi connectivity index (χ4v) is 3.06. The van der Waals surface area contributed by atoms with Crippen molar-refractivity contribution in [2.24, 2.45) is 0 Å². The number of nitrogens with zero attached hydrogens (tertiary/aromatic N) is 3. The molecule has 3 aromatic carbocycles. The van der Waals surface area contributed by atoms with Gasteiger partial charge in [0, 0.05) is 17.3 Å². The molecule has 0 atom stereocenters. The smallest absolute Gasteiger partial charge is 0.336 e. The van der Waals surface area contributed by atoms with E-state index in [0.717, 1.165) is 16.8 Å². The molecular formula is C25H22N4O2. The summed E-state index contributed by atoms with van der Waals surface area (Å²) in [4.78, 5) is 16.7. The Labute approximate surface area is 180 Å². The molecule has 1 amide bonds. The Hall–Kier alpha value is -4.19. The zero-order valence-electron chi connectivity index (χ0n) is 17.3. The quantitative estimate of drug-likeness (QED) is 0.459. The molecule has 0 aliphatic rings. The lowest BCUT2D eigenvalue weighted by atomic mass is 10.1. The molecule has 1 N–H and O–H groups in total. The van der Waals surface area contributed by atoms with Crippen molar-refractivity contribution in [3.63, 3.8) is 0 Å². The predicted octanol–water partition coefficient (Wildman–Crippen LogP) is 4.90. The molecule has 1 heterocycles. The largest absolute Gasteiger partial charge is 0.466 e. The van der Waals surface area contributed by atoms with E-state index in [1.807, 2.05) is 85.8 Å². The Kier molecular flexibility index (Phi) is 5.89. The molecule has 0 saturated heterocycles. The fraction of sp³-hybridized carbons (Fsp3) is 0.0800. The fourth-order valence-electron chi connectivity index (χ4n) is 3.06. The number of benzene rings is 3. The summed E-state index contributed by atoms with van der Waals surface area (Å²) < 4.78 is 6.96. The van der Waals surface area contributed by atoms with Crippen LogP contribution in [-0.2, 0) is 4.79 Å². The predicted molar refractivity (Wildman–Crippen MR) is 122 cm³/mol. The van der Waals surface area contributed by atoms with E-state index < -0.39 is 0 Å². The molecule has 6 nitrogen and oxygen atoms in total. The summed E-state index contributed by atoms with van der Waals surface area (Å²) in [6, 6.07) is 25.5. The maximum Gasteiger partial charge on any atom is 0.336 e. The Balaban J connectivity index is 1.53. The van der Waals surface area contributed by atoms with Crippen molar-refractivity contribution in [3.05, 3.63) is 96.1 Å². The molecule has 0 bridgehead atoms. The molecule has 0 fully saturated rings. The number of anilines is 1. The molecule has 31 heavy (non-hydrogen) atoms. The maximum atomic E-state index is 12.2. The molecule has 1 aromatic heterocycles. The number of aryl methyl sites for hydroxylation is 1. The molecule has 0 unspecified atom stereocenters. The zero-order valence-corrected chi connectivity index (χ0v) is 17.3. The Bertz CT molecular complexity index is 1190. The van der Waals surface area contributed by atoms with Crippen LogP contribution in [0.15, 0.2) is 84.9 Å². The molecule has 6 heteroatoms. The molecule has 154 valence electrons. The molecule has 4 rings (SSSR count). The van der Waals surface area contributed by atoms with Gasteiger partial charge in [-0.15, -0.1) is 5.10 Å². The highest BCUT2D eigenvalue weighted by atomic mass is 16.5. The number of rotatable bonds is 6. The van der Waals surface area contributed by atoms with E-state index in [-0.39, 0.29) is 5.91 Å². The van der Waals surface area contributed by atoms with Crippen molar-refractivity contribution < 1.29 is 9.53 Å². The number of aromatic nitrogens is 3. The second kappa shape index (κ2) is 9.09. The van der Waals surface area contributed by atoms with Crippen LogP contribution < -0.4 is 10.1 Å². The average Bonchev–Trinajstić information content (AvgIpc) is 3.24. The number of hydrogen-bond acceptors (Lipinski definition) is 4. The Morgan fingerprint density at radius 2 is 1.68 bits per heavy atom. The third-order valence-electron chi connectivity index (χ3n) is 4.69. The van der Waals surface area contributed by atoms with Gasteiger partial charge < -0.3 is 10.1 Å². The molecule has 0 saturated carbocycles. The Morgan fingerprint density at radius 3 is 2.35 bits per heavy atom. The van der Waals surface area contributed by atoms with Crippen molar-refractivity contribution in [3.8, 4) is 23.1 Å². The lowest BCUT2D eigenvalue weighted by molar-refractivity contribution is -0.111. The van der Waals surface area contributed by atoms with E-state index in [4.69, 9.17) is 4.74 Å². The van der Waals surface area contributed by atoms with Gasteiger partial charge in [0.2, 0.25) is 5.91 Å². The first-order valence-electron chi connectivity index (χ1n) is 9.85. The van der Waals surface area contributed by atoms with Crippen LogP contribution in [0.25, 0.3) is 23.2 Å². The lowest BCUT2D eigenvalue weighted by Gasteiger charge is -2.08. The van der Waals surface area contributed by atoms with Crippen LogP contribution in [0.3, 0.4) is 0 Å². The number of nitrogens with one attached hydrogen (secondary N) is 1. The van der Waals surface area contributed by atoms with Crippen molar-refractivity contribution in [1.29, 1.82) is 0 Å². The number of ether oxygens (including phenoxy) is 1. The van der Waals surface area contributed by atoms with Crippen LogP contribution >= 0.6 is 0 Å². The van der Waals surface area contributed by atoms with Crippen molar-refractivity contribution in [2.75, 3.05) is 12.4 Å². The molecule has 0 radical (unpaired) electrons. The lowest BCUT2D eigenvalue weighted by Crippen LogP contribution is -2.08. The first kappa shape index (κ1) is 20.1. The van der Waals surface area contributed by atoms with E-state index >= 15 is 0 Å². The second-order valence-corrected chi connectivity index (χ2v) is 6.98. The van der Waals surface area contributed by atoms with Gasteiger partial charge in [-0.3, -0.25) is 4.79 Å². The molecule has 4 aromatic rings. The van der Waals surface area contributed by atoms with Gasteiger partial charge in [0.15, 0.2) is 5.82 Å². The topological polar surface area (TPSA) is 69.0 Å². The van der Waals surface area contributed by atoms with Crippen LogP contribution in [0.1, 0.15) is 11.1 Å². The van der Waals surface area contributed by atoms with Gasteiger partial charge in [-0.1, -0.05) is 60.2 Å². The van der Waals surface area contributed by atoms with Crippen LogP contribution in [0.5, 0.6) is 6.01 Å². The van der Waals surface area contributed by atoms with Gasteiger partial charge in [-0.05, 0) is 42.8 Å². The summed E-state index contributed by atoms with van der Waals surface area (Å²) in [7, 11) is 1.54. The third-order valence-corrected chi connectivity index (χ3v) is 4.69. The number of hydrogen-bond donors (Lipinski definition) is 1. The van der Waals surface area contributed by atoms with Gasteiger partial charge >= 0.3 is 6.01 Å². The number of methoxy groups -OCH3 is 1. The summed E-state index contributed by atoms with van der Waals surface area (Å²) in [5, 5.41) is 7.30. The van der Waals surface area contributed by atoms with E-state index in [2.05, 4.69) is 15.4 Å². The van der Waals surface area contributed by atoms with E-state index in [9.17, 15) is 4.79 Å². The highest BCUT2D eigenvalue weighted by Gasteiger charge is 2.14. The van der Waals surface area contributed by atoms with Gasteiger partial charge in [-0.2, -0.15) is 4.98 Å². The van der Waals surface area contributed by atoms with Crippen LogP contribution in [-0.4, -0.2) is 27.8 Å². The maximum absolute atomic E-state index is 12.2. The van der Waals surface area contributed by atoms with Gasteiger partial charge in [0.25, 0.3) is 0 Å². The average molecular weight is 410 g/mol. The van der Waals surface area contributed by atoms with Crippen molar-refractivity contribution in [1.82, 2.24) is 14.8 Å². The number of carbonyl (C=O) groups excluding carboxylic acids is 1. The summed E-state index contributed by atoms with van der Waals surface area (Å²) in [6.45, 7) is 2.04. The van der Waals surface area contributed by atoms with Gasteiger partial charge in [-0.25, -0.2) is 4.68 Å². The molecule has 0 spiro atoms. The number of amides is 1. The van der Waals surface area contributed by atoms with Crippen LogP contribution in [0.4, 0.5) is 5.69 Å². The Morgan fingerprint density at radius 1 is 0.968 bits per heavy atom. The first-order valence-corrected chi connectivity index (χ1v) is 9.85. The van der Waals surface area contributed by atoms with E-state index in [1.54, 1.807) is 17.9 Å². The minimum Gasteiger partial charge on any atom is -0.466 e. The van der Waals surface area contributed by atoms with Crippen LogP contribution in [0, 0.1) is 6.92 Å². The standard InChI is InChI=1S/C25H22N4O2/c1-18-8-11-20(12-9-18)24-27-25(31-2)28-29(24)22-15-13-21(14-16-22)26-23(30)17-10-19-6-4-3-5-7-19/h3-17H,1-2H3,(H,26,30). The van der Waals surface area contributed by atoms with Gasteiger partial charge in [0.05, 0.1) is 12.8 Å². The summed E-state index contributed by atoms with van der Waals surface area (Å²) in [5.41, 5.74) is 4.57. The summed E-state index contributed by atoms with van der Waals surface area (Å²) >= 11 is 0. The normalized spacial score (nSPS) is 10.9. The molecule has 0 aliphatic carbocycles. The third kappa shape index (κ3) is 4.87. The van der Waals surface area contributed by atoms with E-state index in [1.165, 1.54) is 11.6 Å². The SMILES string of the molecule is COc1nc(-c2ccc(C)cc2)n(-c2ccc(NC(=O)C=Cc3ccccc3)cc2)n1. The second-order valence-electron chi connectivity index (χ2n) is 6.98.